The zero-order chi connectivity index (χ0) is 13.4. The van der Waals surface area contributed by atoms with Crippen LogP contribution in [0, 0.1) is 0 Å². The van der Waals surface area contributed by atoms with Gasteiger partial charge in [-0.25, -0.2) is 4.98 Å². The van der Waals surface area contributed by atoms with E-state index in [-0.39, 0.29) is 5.78 Å². The highest BCUT2D eigenvalue weighted by Gasteiger charge is 2.31. The number of benzene rings is 1. The van der Waals surface area contributed by atoms with E-state index in [1.807, 2.05) is 30.3 Å². The summed E-state index contributed by atoms with van der Waals surface area (Å²) >= 11 is 0. The van der Waals surface area contributed by atoms with Gasteiger partial charge in [-0.1, -0.05) is 18.2 Å². The normalized spacial score (nSPS) is 18.1. The van der Waals surface area contributed by atoms with E-state index < -0.39 is 6.10 Å². The number of ether oxygens (including phenoxy) is 2. The molecule has 1 aromatic carbocycles. The van der Waals surface area contributed by atoms with E-state index in [1.54, 1.807) is 6.08 Å². The van der Waals surface area contributed by atoms with Crippen LogP contribution in [0.25, 0.3) is 17.0 Å². The largest absolute Gasteiger partial charge is 0.498 e. The summed E-state index contributed by atoms with van der Waals surface area (Å²) < 4.78 is 10.4. The van der Waals surface area contributed by atoms with Gasteiger partial charge >= 0.3 is 0 Å². The lowest BCUT2D eigenvalue weighted by Gasteiger charge is -2.22. The smallest absolute Gasteiger partial charge is 0.201 e. The van der Waals surface area contributed by atoms with Gasteiger partial charge in [0.05, 0.1) is 18.3 Å². The number of hydrogen-bond acceptors (Lipinski definition) is 4. The highest BCUT2D eigenvalue weighted by atomic mass is 16.5. The molecule has 19 heavy (non-hydrogen) atoms. The molecule has 1 heterocycles. The van der Waals surface area contributed by atoms with E-state index >= 15 is 0 Å². The Morgan fingerprint density at radius 1 is 1.21 bits per heavy atom. The molecule has 4 heteroatoms. The van der Waals surface area contributed by atoms with Crippen LogP contribution in [0.1, 0.15) is 16.1 Å². The zero-order valence-electron chi connectivity index (χ0n) is 10.7. The maximum atomic E-state index is 12.4. The predicted molar refractivity (Wildman–Crippen MR) is 71.9 cm³/mol. The predicted octanol–water partition coefficient (Wildman–Crippen LogP) is 2.43. The SMILES string of the molecule is COC1=Cc2nc3ccccc3cc2C(=O)C1OC. The quantitative estimate of drug-likeness (QED) is 0.827. The van der Waals surface area contributed by atoms with Crippen LogP contribution < -0.4 is 0 Å². The average molecular weight is 255 g/mol. The number of Topliss-reactive ketones (excluding diaryl/α,β-unsaturated/α-hetero) is 1. The molecule has 0 amide bonds. The summed E-state index contributed by atoms with van der Waals surface area (Å²) in [6.07, 6.45) is 1.08. The third-order valence-electron chi connectivity index (χ3n) is 3.27. The molecule has 2 aromatic rings. The molecule has 4 nitrogen and oxygen atoms in total. The Hall–Kier alpha value is -2.20. The van der Waals surface area contributed by atoms with Crippen LogP contribution >= 0.6 is 0 Å². The molecule has 96 valence electrons. The maximum absolute atomic E-state index is 12.4. The standard InChI is InChI=1S/C15H13NO3/c1-18-13-8-12-10(14(17)15(13)19-2)7-9-5-3-4-6-11(9)16-12/h3-8,15H,1-2H3. The van der Waals surface area contributed by atoms with Crippen LogP contribution in [-0.2, 0) is 9.47 Å². The Bertz CT molecular complexity index is 691. The van der Waals surface area contributed by atoms with E-state index in [4.69, 9.17) is 9.47 Å². The number of methoxy groups -OCH3 is 2. The summed E-state index contributed by atoms with van der Waals surface area (Å²) in [5.74, 6) is 0.373. The Kier molecular flexibility index (Phi) is 2.80. The summed E-state index contributed by atoms with van der Waals surface area (Å²) in [5.41, 5.74) is 2.07. The molecule has 1 aromatic heterocycles. The van der Waals surface area contributed by atoms with E-state index in [0.29, 0.717) is 17.0 Å². The van der Waals surface area contributed by atoms with Crippen LogP contribution in [0.2, 0.25) is 0 Å². The minimum atomic E-state index is -0.680. The van der Waals surface area contributed by atoms with Gasteiger partial charge in [-0.3, -0.25) is 4.79 Å². The molecule has 0 bridgehead atoms. The maximum Gasteiger partial charge on any atom is 0.201 e. The molecule has 1 unspecified atom stereocenters. The van der Waals surface area contributed by atoms with Crippen molar-refractivity contribution in [2.24, 2.45) is 0 Å². The van der Waals surface area contributed by atoms with Crippen molar-refractivity contribution in [2.75, 3.05) is 14.2 Å². The third-order valence-corrected chi connectivity index (χ3v) is 3.27. The minimum absolute atomic E-state index is 0.116. The lowest BCUT2D eigenvalue weighted by Crippen LogP contribution is -2.30. The number of nitrogens with zero attached hydrogens (tertiary/aromatic N) is 1. The Labute approximate surface area is 110 Å². The van der Waals surface area contributed by atoms with Crippen LogP contribution in [0.5, 0.6) is 0 Å². The third kappa shape index (κ3) is 1.81. The van der Waals surface area contributed by atoms with Crippen LogP contribution in [-0.4, -0.2) is 31.1 Å². The summed E-state index contributed by atoms with van der Waals surface area (Å²) in [6, 6.07) is 9.56. The fourth-order valence-electron chi connectivity index (χ4n) is 2.31. The summed E-state index contributed by atoms with van der Waals surface area (Å²) in [5, 5.41) is 0.943. The number of rotatable bonds is 2. The molecule has 1 aliphatic rings. The van der Waals surface area contributed by atoms with Gasteiger partial charge < -0.3 is 9.47 Å². The fourth-order valence-corrected chi connectivity index (χ4v) is 2.31. The van der Waals surface area contributed by atoms with Crippen LogP contribution in [0.4, 0.5) is 0 Å². The fraction of sp³-hybridized carbons (Fsp3) is 0.200. The number of pyridine rings is 1. The highest BCUT2D eigenvalue weighted by Crippen LogP contribution is 2.27. The van der Waals surface area contributed by atoms with Crippen molar-refractivity contribution in [3.8, 4) is 0 Å². The molecule has 1 atom stereocenters. The van der Waals surface area contributed by atoms with Gasteiger partial charge in [-0.2, -0.15) is 0 Å². The second-order valence-corrected chi connectivity index (χ2v) is 4.34. The molecule has 0 N–H and O–H groups in total. The van der Waals surface area contributed by atoms with Crippen molar-refractivity contribution >= 4 is 22.8 Å². The van der Waals surface area contributed by atoms with Gasteiger partial charge in [0.25, 0.3) is 0 Å². The summed E-state index contributed by atoms with van der Waals surface area (Å²) in [4.78, 5) is 16.9. The zero-order valence-corrected chi connectivity index (χ0v) is 10.7. The number of fused-ring (bicyclic) bond motifs is 2. The molecule has 0 saturated heterocycles. The van der Waals surface area contributed by atoms with Gasteiger partial charge in [-0.15, -0.1) is 0 Å². The summed E-state index contributed by atoms with van der Waals surface area (Å²) in [7, 11) is 3.02. The highest BCUT2D eigenvalue weighted by molar-refractivity contribution is 6.08. The van der Waals surface area contributed by atoms with E-state index in [0.717, 1.165) is 10.9 Å². The van der Waals surface area contributed by atoms with Crippen LogP contribution in [0.15, 0.2) is 36.1 Å². The van der Waals surface area contributed by atoms with Crippen molar-refractivity contribution in [3.05, 3.63) is 47.3 Å². The molecule has 1 aliphatic carbocycles. The first-order valence-electron chi connectivity index (χ1n) is 5.97. The molecular weight excluding hydrogens is 242 g/mol. The number of carbonyl (C=O) groups is 1. The molecule has 0 saturated carbocycles. The van der Waals surface area contributed by atoms with Gasteiger partial charge in [-0.05, 0) is 12.1 Å². The van der Waals surface area contributed by atoms with E-state index in [9.17, 15) is 4.79 Å². The second kappa shape index (κ2) is 4.48. The molecule has 0 radical (unpaired) electrons. The number of carbonyl (C=O) groups excluding carboxylic acids is 1. The van der Waals surface area contributed by atoms with Crippen molar-refractivity contribution in [2.45, 2.75) is 6.10 Å². The van der Waals surface area contributed by atoms with Gasteiger partial charge in [0.15, 0.2) is 6.10 Å². The first-order valence-corrected chi connectivity index (χ1v) is 5.97. The monoisotopic (exact) mass is 255 g/mol. The van der Waals surface area contributed by atoms with Gasteiger partial charge in [0.1, 0.15) is 5.76 Å². The van der Waals surface area contributed by atoms with Gasteiger partial charge in [0.2, 0.25) is 5.78 Å². The van der Waals surface area contributed by atoms with E-state index in [1.165, 1.54) is 14.2 Å². The molecule has 3 rings (SSSR count). The molecule has 0 aliphatic heterocycles. The number of hydrogen-bond donors (Lipinski definition) is 0. The van der Waals surface area contributed by atoms with Crippen LogP contribution in [0.3, 0.4) is 0 Å². The molecule has 0 spiro atoms. The van der Waals surface area contributed by atoms with Crippen molar-refractivity contribution in [3.63, 3.8) is 0 Å². The van der Waals surface area contributed by atoms with Crippen molar-refractivity contribution in [1.82, 2.24) is 4.98 Å². The van der Waals surface area contributed by atoms with Crippen molar-refractivity contribution < 1.29 is 14.3 Å². The van der Waals surface area contributed by atoms with Crippen molar-refractivity contribution in [1.29, 1.82) is 0 Å². The first kappa shape index (κ1) is 11.9. The molecule has 0 fully saturated rings. The average Bonchev–Trinajstić information content (AvgIpc) is 2.45. The van der Waals surface area contributed by atoms with E-state index in [2.05, 4.69) is 4.98 Å². The molecular formula is C15H13NO3. The van der Waals surface area contributed by atoms with Gasteiger partial charge in [0, 0.05) is 24.1 Å². The number of para-hydroxylation sites is 1. The Morgan fingerprint density at radius 3 is 2.74 bits per heavy atom. The lowest BCUT2D eigenvalue weighted by atomic mass is 9.95. The topological polar surface area (TPSA) is 48.4 Å². The Morgan fingerprint density at radius 2 is 2.00 bits per heavy atom. The lowest BCUT2D eigenvalue weighted by molar-refractivity contribution is 0.0536. The summed E-state index contributed by atoms with van der Waals surface area (Å²) in [6.45, 7) is 0. The second-order valence-electron chi connectivity index (χ2n) is 4.34. The Balaban J connectivity index is 2.25. The number of aromatic nitrogens is 1. The number of ketones is 1. The minimum Gasteiger partial charge on any atom is -0.498 e. The first-order chi connectivity index (χ1) is 9.24.